The van der Waals surface area contributed by atoms with Crippen molar-refractivity contribution in [2.75, 3.05) is 13.2 Å². The van der Waals surface area contributed by atoms with E-state index in [0.717, 1.165) is 15.3 Å². The lowest BCUT2D eigenvalue weighted by molar-refractivity contribution is -0.384. The Morgan fingerprint density at radius 2 is 2.00 bits per heavy atom. The van der Waals surface area contributed by atoms with E-state index >= 15 is 0 Å². The first-order valence-electron chi connectivity index (χ1n) is 11.7. The zero-order valence-corrected chi connectivity index (χ0v) is 21.7. The van der Waals surface area contributed by atoms with Crippen molar-refractivity contribution in [1.82, 2.24) is 10.2 Å². The average Bonchev–Trinajstić information content (AvgIpc) is 3.18. The minimum atomic E-state index is -0.971. The second kappa shape index (κ2) is 11.5. The summed E-state index contributed by atoms with van der Waals surface area (Å²) in [5, 5.41) is 13.8. The number of rotatable bonds is 8. The van der Waals surface area contributed by atoms with Gasteiger partial charge < -0.3 is 19.7 Å². The highest BCUT2D eigenvalue weighted by atomic mass is 32.1. The van der Waals surface area contributed by atoms with Crippen molar-refractivity contribution in [3.8, 4) is 0 Å². The van der Waals surface area contributed by atoms with E-state index in [0.29, 0.717) is 31.7 Å². The first-order valence-corrected chi connectivity index (χ1v) is 12.5. The molecule has 3 rings (SSSR count). The number of carbonyl (C=O) groups excluding carboxylic acids is 3. The number of fused-ring (bicyclic) bond motifs is 1. The fourth-order valence-electron chi connectivity index (χ4n) is 3.93. The summed E-state index contributed by atoms with van der Waals surface area (Å²) in [7, 11) is 0. The fourth-order valence-corrected chi connectivity index (χ4v) is 5.08. The van der Waals surface area contributed by atoms with Crippen LogP contribution in [-0.2, 0) is 44.9 Å². The van der Waals surface area contributed by atoms with Gasteiger partial charge in [-0.15, -0.1) is 11.3 Å². The highest BCUT2D eigenvalue weighted by molar-refractivity contribution is 7.12. The Labute approximate surface area is 213 Å². The van der Waals surface area contributed by atoms with Crippen LogP contribution in [0.1, 0.15) is 48.6 Å². The number of nitrogens with zero attached hydrogens (tertiary/aromatic N) is 2. The maximum Gasteiger partial charge on any atom is 0.408 e. The van der Waals surface area contributed by atoms with Crippen molar-refractivity contribution in [2.24, 2.45) is 0 Å². The number of nitro groups is 1. The van der Waals surface area contributed by atoms with E-state index in [4.69, 9.17) is 9.47 Å². The number of benzene rings is 1. The molecule has 0 bridgehead atoms. The fraction of sp³-hybridized carbons (Fsp3) is 0.480. The van der Waals surface area contributed by atoms with Crippen LogP contribution in [0.3, 0.4) is 0 Å². The smallest absolute Gasteiger partial charge is 0.408 e. The highest BCUT2D eigenvalue weighted by Gasteiger charge is 2.31. The number of nitrogens with one attached hydrogen (secondary N) is 1. The minimum Gasteiger partial charge on any atom is -0.466 e. The second-order valence-electron chi connectivity index (χ2n) is 9.48. The van der Waals surface area contributed by atoms with Crippen molar-refractivity contribution in [3.05, 3.63) is 61.3 Å². The van der Waals surface area contributed by atoms with Gasteiger partial charge in [-0.2, -0.15) is 0 Å². The molecular formula is C25H31N3O7S. The molecule has 1 aromatic carbocycles. The van der Waals surface area contributed by atoms with Crippen molar-refractivity contribution < 1.29 is 28.8 Å². The van der Waals surface area contributed by atoms with E-state index in [1.54, 1.807) is 56.1 Å². The number of amides is 2. The standard InChI is InChI=1S/C25H31N3O7S/c1-5-34-22(29)14-19-13-17-15-27(10-9-21(17)36-19)23(30)20(26-24(31)35-25(2,3)4)12-16-7-6-8-18(11-16)28(32)33/h6-8,11,13,20H,5,9-10,12,14-15H2,1-4H3,(H,26,31)/t20-/m0/s1. The van der Waals surface area contributed by atoms with E-state index in [-0.39, 0.29) is 30.4 Å². The molecule has 2 amide bonds. The number of ether oxygens (including phenoxy) is 2. The molecule has 0 radical (unpaired) electrons. The summed E-state index contributed by atoms with van der Waals surface area (Å²) in [5.74, 6) is -0.598. The Balaban J connectivity index is 1.78. The van der Waals surface area contributed by atoms with Crippen LogP contribution in [0.25, 0.3) is 0 Å². The third-order valence-corrected chi connectivity index (χ3v) is 6.64. The van der Waals surface area contributed by atoms with Gasteiger partial charge in [0.15, 0.2) is 0 Å². The molecule has 11 heteroatoms. The van der Waals surface area contributed by atoms with Gasteiger partial charge in [0, 0.05) is 41.4 Å². The summed E-state index contributed by atoms with van der Waals surface area (Å²) in [6.45, 7) is 8.04. The Morgan fingerprint density at radius 1 is 1.25 bits per heavy atom. The van der Waals surface area contributed by atoms with Gasteiger partial charge in [-0.25, -0.2) is 4.79 Å². The molecule has 1 aromatic heterocycles. The van der Waals surface area contributed by atoms with Crippen molar-refractivity contribution >= 4 is 35.0 Å². The van der Waals surface area contributed by atoms with E-state index in [2.05, 4.69) is 5.32 Å². The van der Waals surface area contributed by atoms with E-state index < -0.39 is 22.7 Å². The highest BCUT2D eigenvalue weighted by Crippen LogP contribution is 2.29. The van der Waals surface area contributed by atoms with Gasteiger partial charge in [-0.05, 0) is 51.3 Å². The molecule has 194 valence electrons. The lowest BCUT2D eigenvalue weighted by Crippen LogP contribution is -2.51. The lowest BCUT2D eigenvalue weighted by atomic mass is 10.0. The quantitative estimate of drug-likeness (QED) is 0.321. The number of carbonyl (C=O) groups is 3. The monoisotopic (exact) mass is 517 g/mol. The molecule has 1 N–H and O–H groups in total. The summed E-state index contributed by atoms with van der Waals surface area (Å²) >= 11 is 1.54. The molecule has 0 aliphatic carbocycles. The number of non-ortho nitro benzene ring substituents is 1. The molecular weight excluding hydrogens is 486 g/mol. The van der Waals surface area contributed by atoms with Crippen LogP contribution in [0.15, 0.2) is 30.3 Å². The summed E-state index contributed by atoms with van der Waals surface area (Å²) in [6.07, 6.45) is 0.150. The second-order valence-corrected chi connectivity index (χ2v) is 10.7. The number of thiophene rings is 1. The largest absolute Gasteiger partial charge is 0.466 e. The normalized spacial score (nSPS) is 13.9. The minimum absolute atomic E-state index is 0.0703. The molecule has 2 heterocycles. The van der Waals surface area contributed by atoms with Gasteiger partial charge in [0.05, 0.1) is 18.0 Å². The van der Waals surface area contributed by atoms with E-state index in [1.807, 2.05) is 6.07 Å². The maximum atomic E-state index is 13.6. The van der Waals surface area contributed by atoms with Crippen LogP contribution in [0, 0.1) is 10.1 Å². The van der Waals surface area contributed by atoms with Crippen molar-refractivity contribution in [1.29, 1.82) is 0 Å². The van der Waals surface area contributed by atoms with Gasteiger partial charge in [-0.3, -0.25) is 19.7 Å². The average molecular weight is 518 g/mol. The Kier molecular flexibility index (Phi) is 8.67. The van der Waals surface area contributed by atoms with Gasteiger partial charge in [0.25, 0.3) is 5.69 Å². The number of esters is 1. The van der Waals surface area contributed by atoms with E-state index in [1.165, 1.54) is 12.1 Å². The Morgan fingerprint density at radius 3 is 2.67 bits per heavy atom. The number of hydrogen-bond donors (Lipinski definition) is 1. The summed E-state index contributed by atoms with van der Waals surface area (Å²) < 4.78 is 10.4. The molecule has 0 fully saturated rings. The van der Waals surface area contributed by atoms with Crippen LogP contribution in [0.4, 0.5) is 10.5 Å². The van der Waals surface area contributed by atoms with Gasteiger partial charge in [-0.1, -0.05) is 12.1 Å². The topological polar surface area (TPSA) is 128 Å². The zero-order valence-electron chi connectivity index (χ0n) is 20.9. The third-order valence-electron chi connectivity index (χ3n) is 5.40. The summed E-state index contributed by atoms with van der Waals surface area (Å²) in [5.41, 5.74) is 0.662. The van der Waals surface area contributed by atoms with Crippen LogP contribution < -0.4 is 5.32 Å². The SMILES string of the molecule is CCOC(=O)Cc1cc2c(s1)CCN(C(=O)[C@H](Cc1cccc([N+](=O)[O-])c1)NC(=O)OC(C)(C)C)C2. The lowest BCUT2D eigenvalue weighted by Gasteiger charge is -2.31. The maximum absolute atomic E-state index is 13.6. The molecule has 0 unspecified atom stereocenters. The molecule has 0 saturated carbocycles. The predicted octanol–water partition coefficient (Wildman–Crippen LogP) is 3.78. The van der Waals surface area contributed by atoms with Crippen LogP contribution in [0.5, 0.6) is 0 Å². The Bertz CT molecular complexity index is 1140. The van der Waals surface area contributed by atoms with Crippen LogP contribution >= 0.6 is 11.3 Å². The number of alkyl carbamates (subject to hydrolysis) is 1. The third kappa shape index (κ3) is 7.51. The molecule has 1 atom stereocenters. The first kappa shape index (κ1) is 27.1. The summed E-state index contributed by atoms with van der Waals surface area (Å²) in [6, 6.07) is 6.95. The Hall–Kier alpha value is -3.47. The molecule has 10 nitrogen and oxygen atoms in total. The molecule has 1 aliphatic heterocycles. The van der Waals surface area contributed by atoms with E-state index in [9.17, 15) is 24.5 Å². The van der Waals surface area contributed by atoms with Crippen LogP contribution in [0.2, 0.25) is 0 Å². The van der Waals surface area contributed by atoms with Gasteiger partial charge in [0.1, 0.15) is 11.6 Å². The van der Waals surface area contributed by atoms with Crippen molar-refractivity contribution in [2.45, 2.75) is 65.1 Å². The van der Waals surface area contributed by atoms with Gasteiger partial charge >= 0.3 is 12.1 Å². The first-order chi connectivity index (χ1) is 16.9. The molecule has 0 spiro atoms. The van der Waals surface area contributed by atoms with Crippen molar-refractivity contribution in [3.63, 3.8) is 0 Å². The number of nitro benzene ring substituents is 1. The molecule has 0 saturated heterocycles. The molecule has 36 heavy (non-hydrogen) atoms. The molecule has 1 aliphatic rings. The molecule has 2 aromatic rings. The zero-order chi connectivity index (χ0) is 26.5. The van der Waals surface area contributed by atoms with Crippen LogP contribution in [-0.4, -0.2) is 52.6 Å². The predicted molar refractivity (Wildman–Crippen MR) is 134 cm³/mol. The number of hydrogen-bond acceptors (Lipinski definition) is 8. The van der Waals surface area contributed by atoms with Gasteiger partial charge in [0.2, 0.25) is 5.91 Å². The summed E-state index contributed by atoms with van der Waals surface area (Å²) in [4.78, 5) is 52.3.